The fourth-order valence-corrected chi connectivity index (χ4v) is 2.55. The van der Waals surface area contributed by atoms with E-state index in [1.54, 1.807) is 0 Å². The van der Waals surface area contributed by atoms with Gasteiger partial charge in [-0.1, -0.05) is 24.3 Å². The van der Waals surface area contributed by atoms with Crippen LogP contribution in [0.3, 0.4) is 0 Å². The van der Waals surface area contributed by atoms with E-state index >= 15 is 0 Å². The van der Waals surface area contributed by atoms with Crippen LogP contribution in [0.15, 0.2) is 24.3 Å². The Balaban J connectivity index is 2.86. The number of hydrogen-bond donors (Lipinski definition) is 2. The molecule has 1 rings (SSSR count). The third kappa shape index (κ3) is 2.28. The van der Waals surface area contributed by atoms with Crippen molar-refractivity contribution in [3.63, 3.8) is 0 Å². The van der Waals surface area contributed by atoms with E-state index in [2.05, 4.69) is 0 Å². The van der Waals surface area contributed by atoms with Gasteiger partial charge in [0.05, 0.1) is 0 Å². The first-order valence-corrected chi connectivity index (χ1v) is 8.57. The van der Waals surface area contributed by atoms with Crippen molar-refractivity contribution < 1.29 is 9.59 Å². The molecule has 2 atom stereocenters. The van der Waals surface area contributed by atoms with Crippen LogP contribution >= 0.6 is 0 Å². The van der Waals surface area contributed by atoms with Crippen molar-refractivity contribution in [1.29, 1.82) is 0 Å². The second-order valence-electron chi connectivity index (χ2n) is 3.02. The first-order valence-electron chi connectivity index (χ1n) is 4.07. The number of benzene rings is 1. The van der Waals surface area contributed by atoms with Gasteiger partial charge in [-0.25, -0.2) is 0 Å². The van der Waals surface area contributed by atoms with Crippen molar-refractivity contribution in [2.75, 3.05) is 0 Å². The summed E-state index contributed by atoms with van der Waals surface area (Å²) in [4.78, 5) is 18.7. The van der Waals surface area contributed by atoms with Gasteiger partial charge in [0.2, 0.25) is 18.1 Å². The van der Waals surface area contributed by atoms with Crippen LogP contribution in [0, 0.1) is 0 Å². The van der Waals surface area contributed by atoms with Crippen molar-refractivity contribution >= 4 is 28.5 Å². The Labute approximate surface area is 76.0 Å². The Morgan fingerprint density at radius 3 is 1.25 bits per heavy atom. The average Bonchev–Trinajstić information content (AvgIpc) is 2.04. The summed E-state index contributed by atoms with van der Waals surface area (Å²) in [6, 6.07) is 7.69. The standard InChI is InChI=1S/C8H14O2Si2/c1-11(9)7-3-5-8(6-4-7)12(2)10/h3-6,9-12H,1-2H3. The van der Waals surface area contributed by atoms with Gasteiger partial charge in [0.1, 0.15) is 0 Å². The van der Waals surface area contributed by atoms with Crippen LogP contribution in [0.5, 0.6) is 0 Å². The topological polar surface area (TPSA) is 40.5 Å². The minimum atomic E-state index is -1.65. The molecule has 0 aliphatic heterocycles. The van der Waals surface area contributed by atoms with Gasteiger partial charge in [-0.05, 0) is 23.5 Å². The highest BCUT2D eigenvalue weighted by molar-refractivity contribution is 6.66. The third-order valence-corrected chi connectivity index (χ3v) is 4.60. The molecule has 0 aliphatic rings. The molecule has 2 unspecified atom stereocenters. The second-order valence-corrected chi connectivity index (χ2v) is 7.06. The molecule has 0 radical (unpaired) electrons. The first kappa shape index (κ1) is 9.66. The van der Waals surface area contributed by atoms with Crippen molar-refractivity contribution in [3.05, 3.63) is 24.3 Å². The molecule has 0 aliphatic carbocycles. The van der Waals surface area contributed by atoms with Crippen LogP contribution in [0.2, 0.25) is 13.1 Å². The van der Waals surface area contributed by atoms with E-state index in [1.807, 2.05) is 37.4 Å². The van der Waals surface area contributed by atoms with Crippen LogP contribution in [-0.2, 0) is 0 Å². The zero-order valence-corrected chi connectivity index (χ0v) is 9.67. The minimum Gasteiger partial charge on any atom is -0.431 e. The molecule has 0 saturated heterocycles. The minimum absolute atomic E-state index is 1.04. The largest absolute Gasteiger partial charge is 0.431 e. The lowest BCUT2D eigenvalue weighted by atomic mass is 10.4. The highest BCUT2D eigenvalue weighted by atomic mass is 28.3. The molecule has 0 fully saturated rings. The molecular formula is C8H14O2Si2. The monoisotopic (exact) mass is 198 g/mol. The molecule has 2 nitrogen and oxygen atoms in total. The molecule has 0 amide bonds. The zero-order valence-electron chi connectivity index (χ0n) is 7.36. The fraction of sp³-hybridized carbons (Fsp3) is 0.250. The van der Waals surface area contributed by atoms with Gasteiger partial charge in [-0.2, -0.15) is 0 Å². The molecule has 66 valence electrons. The van der Waals surface area contributed by atoms with Crippen LogP contribution < -0.4 is 10.4 Å². The van der Waals surface area contributed by atoms with E-state index in [-0.39, 0.29) is 0 Å². The number of hydrogen-bond acceptors (Lipinski definition) is 2. The van der Waals surface area contributed by atoms with Crippen molar-refractivity contribution in [2.24, 2.45) is 0 Å². The predicted octanol–water partition coefficient (Wildman–Crippen LogP) is -1.21. The van der Waals surface area contributed by atoms with Crippen LogP contribution in [-0.4, -0.2) is 27.7 Å². The highest BCUT2D eigenvalue weighted by Crippen LogP contribution is 1.86. The molecule has 1 aromatic rings. The molecule has 0 spiro atoms. The smallest absolute Gasteiger partial charge is 0.201 e. The number of rotatable bonds is 2. The van der Waals surface area contributed by atoms with E-state index < -0.39 is 18.1 Å². The van der Waals surface area contributed by atoms with Gasteiger partial charge in [0.25, 0.3) is 0 Å². The molecule has 0 aromatic heterocycles. The van der Waals surface area contributed by atoms with E-state index in [9.17, 15) is 9.59 Å². The van der Waals surface area contributed by atoms with Gasteiger partial charge < -0.3 is 9.59 Å². The molecule has 0 heterocycles. The van der Waals surface area contributed by atoms with Gasteiger partial charge >= 0.3 is 0 Å². The van der Waals surface area contributed by atoms with Crippen molar-refractivity contribution in [1.82, 2.24) is 0 Å². The second kappa shape index (κ2) is 4.00. The average molecular weight is 198 g/mol. The quantitative estimate of drug-likeness (QED) is 0.586. The Morgan fingerprint density at radius 1 is 0.833 bits per heavy atom. The molecule has 4 heteroatoms. The fourth-order valence-electron chi connectivity index (χ4n) is 1.05. The lowest BCUT2D eigenvalue weighted by molar-refractivity contribution is 0.592. The summed E-state index contributed by atoms with van der Waals surface area (Å²) in [5.74, 6) is 0. The van der Waals surface area contributed by atoms with E-state index in [0.717, 1.165) is 10.4 Å². The van der Waals surface area contributed by atoms with Crippen LogP contribution in [0.1, 0.15) is 0 Å². The Bertz CT molecular complexity index is 217. The van der Waals surface area contributed by atoms with Crippen molar-refractivity contribution in [2.45, 2.75) is 13.1 Å². The van der Waals surface area contributed by atoms with Gasteiger partial charge in [-0.3, -0.25) is 0 Å². The summed E-state index contributed by atoms with van der Waals surface area (Å²) in [6.45, 7) is 3.74. The molecule has 0 saturated carbocycles. The summed E-state index contributed by atoms with van der Waals surface area (Å²) in [7, 11) is -3.29. The SMILES string of the molecule is C[SiH](O)c1ccc([SiH](C)O)cc1. The van der Waals surface area contributed by atoms with E-state index in [0.29, 0.717) is 0 Å². The zero-order chi connectivity index (χ0) is 9.14. The normalized spacial score (nSPS) is 15.7. The van der Waals surface area contributed by atoms with E-state index in [1.165, 1.54) is 0 Å². The lowest BCUT2D eigenvalue weighted by Gasteiger charge is -2.05. The summed E-state index contributed by atoms with van der Waals surface area (Å²) >= 11 is 0. The van der Waals surface area contributed by atoms with Gasteiger partial charge in [-0.15, -0.1) is 0 Å². The lowest BCUT2D eigenvalue weighted by Crippen LogP contribution is -2.31. The predicted molar refractivity (Wildman–Crippen MR) is 56.2 cm³/mol. The van der Waals surface area contributed by atoms with E-state index in [4.69, 9.17) is 0 Å². The Hall–Kier alpha value is -0.426. The van der Waals surface area contributed by atoms with Crippen molar-refractivity contribution in [3.8, 4) is 0 Å². The van der Waals surface area contributed by atoms with Crippen LogP contribution in [0.4, 0.5) is 0 Å². The van der Waals surface area contributed by atoms with Gasteiger partial charge in [0.15, 0.2) is 0 Å². The summed E-state index contributed by atoms with van der Waals surface area (Å²) < 4.78 is 0. The maximum absolute atomic E-state index is 9.34. The Morgan fingerprint density at radius 2 is 1.08 bits per heavy atom. The first-order chi connectivity index (χ1) is 5.61. The van der Waals surface area contributed by atoms with Gasteiger partial charge in [0, 0.05) is 0 Å². The molecule has 2 N–H and O–H groups in total. The summed E-state index contributed by atoms with van der Waals surface area (Å²) in [5.41, 5.74) is 0. The Kier molecular flexibility index (Phi) is 3.22. The highest BCUT2D eigenvalue weighted by Gasteiger charge is 2.05. The molecule has 0 bridgehead atoms. The summed E-state index contributed by atoms with van der Waals surface area (Å²) in [6.07, 6.45) is 0. The maximum Gasteiger partial charge on any atom is 0.201 e. The molecule has 1 aromatic carbocycles. The third-order valence-electron chi connectivity index (χ3n) is 1.90. The molecule has 12 heavy (non-hydrogen) atoms. The maximum atomic E-state index is 9.34. The molecular weight excluding hydrogens is 184 g/mol. The van der Waals surface area contributed by atoms with Crippen LogP contribution in [0.25, 0.3) is 0 Å². The summed E-state index contributed by atoms with van der Waals surface area (Å²) in [5, 5.41) is 2.07.